The van der Waals surface area contributed by atoms with Crippen molar-refractivity contribution in [2.24, 2.45) is 0 Å². The first-order chi connectivity index (χ1) is 12.4. The fraction of sp³-hybridized carbons (Fsp3) is 0.526. The van der Waals surface area contributed by atoms with Crippen LogP contribution in [0.2, 0.25) is 0 Å². The molecule has 0 saturated carbocycles. The number of thiophene rings is 2. The topological polar surface area (TPSA) is 59.1 Å². The fourth-order valence-electron chi connectivity index (χ4n) is 4.83. The van der Waals surface area contributed by atoms with Gasteiger partial charge in [-0.3, -0.25) is 0 Å². The highest BCUT2D eigenvalue weighted by Crippen LogP contribution is 2.52. The first-order valence-corrected chi connectivity index (χ1v) is 10.7. The molecule has 5 atom stereocenters. The second kappa shape index (κ2) is 6.64. The second-order valence-corrected chi connectivity index (χ2v) is 9.89. The molecule has 5 rings (SSSR count). The maximum atomic E-state index is 13.1. The summed E-state index contributed by atoms with van der Waals surface area (Å²) in [6, 6.07) is 8.01. The summed E-state index contributed by atoms with van der Waals surface area (Å²) in [5.41, 5.74) is -1.72. The Balaban J connectivity index is 0.00000180. The lowest BCUT2D eigenvalue weighted by molar-refractivity contribution is -0.938. The van der Waals surface area contributed by atoms with Gasteiger partial charge >= 0.3 is 5.97 Å². The molecule has 2 bridgehead atoms. The molecule has 27 heavy (non-hydrogen) atoms. The number of rotatable bonds is 4. The van der Waals surface area contributed by atoms with Crippen LogP contribution < -0.4 is 17.0 Å². The molecule has 0 spiro atoms. The maximum Gasteiger partial charge on any atom is 0.349 e. The van der Waals surface area contributed by atoms with Gasteiger partial charge < -0.3 is 36.0 Å². The van der Waals surface area contributed by atoms with Crippen LogP contribution in [0.3, 0.4) is 0 Å². The minimum atomic E-state index is -1.72. The number of likely N-dealkylation sites (N-methyl/N-ethyl adjacent to an activating group) is 1. The molecule has 3 aliphatic rings. The van der Waals surface area contributed by atoms with Crippen LogP contribution in [0.25, 0.3) is 0 Å². The number of quaternary nitrogens is 1. The smallest absolute Gasteiger partial charge is 0.349 e. The van der Waals surface area contributed by atoms with Crippen molar-refractivity contribution in [2.75, 3.05) is 14.1 Å². The number of hydrogen-bond acceptors (Lipinski definition) is 6. The van der Waals surface area contributed by atoms with Crippen LogP contribution >= 0.6 is 22.7 Å². The molecule has 3 fully saturated rings. The first kappa shape index (κ1) is 19.5. The quantitative estimate of drug-likeness (QED) is 0.365. The Bertz CT molecular complexity index is 769. The third-order valence-corrected chi connectivity index (χ3v) is 8.32. The Hall–Kier alpha value is -0.770. The molecule has 0 aromatic carbocycles. The van der Waals surface area contributed by atoms with E-state index in [9.17, 15) is 9.90 Å². The van der Waals surface area contributed by atoms with E-state index in [-0.39, 0.29) is 23.1 Å². The summed E-state index contributed by atoms with van der Waals surface area (Å²) >= 11 is 2.74. The molecular weight excluding hydrogens is 450 g/mol. The molecule has 0 radical (unpaired) electrons. The Labute approximate surface area is 176 Å². The summed E-state index contributed by atoms with van der Waals surface area (Å²) in [6.07, 6.45) is 2.05. The molecule has 0 amide bonds. The third kappa shape index (κ3) is 2.84. The van der Waals surface area contributed by atoms with Crippen LogP contribution in [0, 0.1) is 0 Å². The zero-order chi connectivity index (χ0) is 18.1. The van der Waals surface area contributed by atoms with Gasteiger partial charge in [0, 0.05) is 12.8 Å². The molecule has 2 aromatic rings. The third-order valence-electron chi connectivity index (χ3n) is 6.36. The van der Waals surface area contributed by atoms with Crippen molar-refractivity contribution >= 4 is 28.6 Å². The Morgan fingerprint density at radius 3 is 2.11 bits per heavy atom. The molecule has 1 N–H and O–H groups in total. The summed E-state index contributed by atoms with van der Waals surface area (Å²) in [7, 11) is 4.49. The van der Waals surface area contributed by atoms with Crippen molar-refractivity contribution in [3.8, 4) is 0 Å². The average Bonchev–Trinajstić information content (AvgIpc) is 2.98. The van der Waals surface area contributed by atoms with Crippen molar-refractivity contribution in [3.63, 3.8) is 0 Å². The highest BCUT2D eigenvalue weighted by molar-refractivity contribution is 7.12. The van der Waals surface area contributed by atoms with Gasteiger partial charge in [0.1, 0.15) is 30.4 Å². The molecule has 1 unspecified atom stereocenters. The summed E-state index contributed by atoms with van der Waals surface area (Å²) in [6.45, 7) is 0. The van der Waals surface area contributed by atoms with E-state index in [0.717, 1.165) is 17.3 Å². The Morgan fingerprint density at radius 2 is 1.67 bits per heavy atom. The van der Waals surface area contributed by atoms with Gasteiger partial charge in [0.05, 0.1) is 23.8 Å². The minimum Gasteiger partial charge on any atom is -1.00 e. The number of aliphatic hydroxyl groups is 1. The van der Waals surface area contributed by atoms with Gasteiger partial charge in [0.15, 0.2) is 0 Å². The molecular formula is C19H22BrNO4S2. The molecule has 8 heteroatoms. The zero-order valence-corrected chi connectivity index (χ0v) is 18.3. The van der Waals surface area contributed by atoms with E-state index in [1.165, 1.54) is 22.7 Å². The number of morpholine rings is 1. The van der Waals surface area contributed by atoms with Gasteiger partial charge in [-0.2, -0.15) is 0 Å². The maximum absolute atomic E-state index is 13.1. The standard InChI is InChI=1S/C19H22NO4S2.BrH/c1-20(2)12-9-11(10-13(20)17-16(12)24-17)23-18(21)19(22,14-5-3-7-25-14)15-6-4-8-26-15;/h3-8,11-13,16-17,22H,9-10H2,1-2H3;1H/q+1;/p-1/t11?,12-,13+,16-,17-;/m0./s1. The number of halogens is 1. The lowest BCUT2D eigenvalue weighted by atomic mass is 9.95. The van der Waals surface area contributed by atoms with Gasteiger partial charge in [0.25, 0.3) is 0 Å². The normalized spacial score (nSPS) is 33.1. The van der Waals surface area contributed by atoms with E-state index in [1.807, 2.05) is 22.9 Å². The van der Waals surface area contributed by atoms with E-state index in [1.54, 1.807) is 12.1 Å². The number of ether oxygens (including phenoxy) is 2. The molecule has 2 aromatic heterocycles. The lowest BCUT2D eigenvalue weighted by Crippen LogP contribution is -3.00. The summed E-state index contributed by atoms with van der Waals surface area (Å²) in [4.78, 5) is 14.3. The van der Waals surface area contributed by atoms with Crippen LogP contribution in [0.5, 0.6) is 0 Å². The van der Waals surface area contributed by atoms with Crippen molar-refractivity contribution in [1.82, 2.24) is 0 Å². The average molecular weight is 472 g/mol. The van der Waals surface area contributed by atoms with Crippen LogP contribution in [-0.4, -0.2) is 60.0 Å². The molecule has 3 saturated heterocycles. The SMILES string of the molecule is C[N+]1(C)[C@@H]2CC(OC(=O)C(O)(c3cccs3)c3cccs3)C[C@H]1[C@@H]1O[C@H]12.[Br-]. The van der Waals surface area contributed by atoms with Gasteiger partial charge in [-0.05, 0) is 22.9 Å². The molecule has 0 aliphatic carbocycles. The number of hydrogen-bond donors (Lipinski definition) is 1. The van der Waals surface area contributed by atoms with E-state index in [0.29, 0.717) is 34.0 Å². The van der Waals surface area contributed by atoms with Gasteiger partial charge in [-0.15, -0.1) is 22.7 Å². The van der Waals surface area contributed by atoms with E-state index in [4.69, 9.17) is 9.47 Å². The van der Waals surface area contributed by atoms with Crippen molar-refractivity contribution in [1.29, 1.82) is 0 Å². The number of carbonyl (C=O) groups excluding carboxylic acids is 1. The fourth-order valence-corrected chi connectivity index (χ4v) is 6.54. The van der Waals surface area contributed by atoms with Crippen LogP contribution in [-0.2, 0) is 19.9 Å². The van der Waals surface area contributed by atoms with Gasteiger partial charge in [-0.25, -0.2) is 4.79 Å². The van der Waals surface area contributed by atoms with Crippen LogP contribution in [0.15, 0.2) is 35.0 Å². The summed E-state index contributed by atoms with van der Waals surface area (Å²) in [5.74, 6) is -0.561. The Kier molecular flexibility index (Phi) is 4.81. The minimum absolute atomic E-state index is 0. The highest BCUT2D eigenvalue weighted by Gasteiger charge is 2.71. The van der Waals surface area contributed by atoms with Crippen LogP contribution in [0.1, 0.15) is 22.6 Å². The van der Waals surface area contributed by atoms with Crippen LogP contribution in [0.4, 0.5) is 0 Å². The summed E-state index contributed by atoms with van der Waals surface area (Å²) < 4.78 is 12.6. The van der Waals surface area contributed by atoms with Crippen molar-refractivity contribution in [3.05, 3.63) is 44.8 Å². The molecule has 5 heterocycles. The number of fused-ring (bicyclic) bond motifs is 5. The number of piperidine rings is 1. The number of esters is 1. The predicted octanol–water partition coefficient (Wildman–Crippen LogP) is -0.650. The van der Waals surface area contributed by atoms with E-state index in [2.05, 4.69) is 14.1 Å². The lowest BCUT2D eigenvalue weighted by Gasteiger charge is -2.45. The van der Waals surface area contributed by atoms with Crippen molar-refractivity contribution in [2.45, 2.75) is 48.8 Å². The number of epoxide rings is 1. The monoisotopic (exact) mass is 471 g/mol. The van der Waals surface area contributed by atoms with E-state index >= 15 is 0 Å². The zero-order valence-electron chi connectivity index (χ0n) is 15.1. The molecule has 146 valence electrons. The predicted molar refractivity (Wildman–Crippen MR) is 99.1 cm³/mol. The number of carbonyl (C=O) groups is 1. The van der Waals surface area contributed by atoms with Gasteiger partial charge in [0.2, 0.25) is 5.60 Å². The first-order valence-electron chi connectivity index (χ1n) is 8.92. The second-order valence-electron chi connectivity index (χ2n) is 7.99. The summed E-state index contributed by atoms with van der Waals surface area (Å²) in [5, 5.41) is 15.1. The number of nitrogens with zero attached hydrogens (tertiary/aromatic N) is 1. The largest absolute Gasteiger partial charge is 1.00 e. The van der Waals surface area contributed by atoms with Gasteiger partial charge in [-0.1, -0.05) is 12.1 Å². The molecule has 5 nitrogen and oxygen atoms in total. The highest BCUT2D eigenvalue weighted by atomic mass is 79.9. The van der Waals surface area contributed by atoms with Crippen molar-refractivity contribution < 1.29 is 40.8 Å². The van der Waals surface area contributed by atoms with E-state index < -0.39 is 11.6 Å². The Morgan fingerprint density at radius 1 is 1.15 bits per heavy atom. The molecule has 3 aliphatic heterocycles.